The van der Waals surface area contributed by atoms with Gasteiger partial charge in [0.2, 0.25) is 5.91 Å². The number of rotatable bonds is 3. The van der Waals surface area contributed by atoms with Crippen LogP contribution in [0.3, 0.4) is 0 Å². The van der Waals surface area contributed by atoms with Gasteiger partial charge in [-0.3, -0.25) is 13.4 Å². The van der Waals surface area contributed by atoms with Crippen LogP contribution in [-0.4, -0.2) is 28.4 Å². The molecule has 6 nitrogen and oxygen atoms in total. The van der Waals surface area contributed by atoms with E-state index in [1.54, 1.807) is 18.2 Å². The summed E-state index contributed by atoms with van der Waals surface area (Å²) in [5.74, 6) is -0.443. The van der Waals surface area contributed by atoms with Gasteiger partial charge in [-0.15, -0.1) is 0 Å². The minimum atomic E-state index is -3.51. The van der Waals surface area contributed by atoms with Crippen molar-refractivity contribution in [2.45, 2.75) is 12.8 Å². The molecule has 0 spiro atoms. The summed E-state index contributed by atoms with van der Waals surface area (Å²) in [5.41, 5.74) is 2.63. The highest BCUT2D eigenvalue weighted by molar-refractivity contribution is 7.94. The maximum Gasteiger partial charge on any atom is 0.326 e. The van der Waals surface area contributed by atoms with E-state index in [2.05, 4.69) is 5.32 Å². The summed E-state index contributed by atoms with van der Waals surface area (Å²) >= 11 is 0. The van der Waals surface area contributed by atoms with Crippen molar-refractivity contribution in [3.05, 3.63) is 54.1 Å². The molecular weight excluding hydrogens is 326 g/mol. The maximum absolute atomic E-state index is 12.4. The predicted molar refractivity (Wildman–Crippen MR) is 95.7 cm³/mol. The third-order valence-electron chi connectivity index (χ3n) is 4.31. The van der Waals surface area contributed by atoms with Gasteiger partial charge in [-0.1, -0.05) is 30.3 Å². The van der Waals surface area contributed by atoms with Gasteiger partial charge in [-0.25, -0.2) is 0 Å². The molecule has 0 fully saturated rings. The first-order chi connectivity index (χ1) is 11.3. The van der Waals surface area contributed by atoms with Crippen molar-refractivity contribution in [3.63, 3.8) is 0 Å². The summed E-state index contributed by atoms with van der Waals surface area (Å²) in [6, 6.07) is 14.6. The molecule has 0 aliphatic carbocycles. The van der Waals surface area contributed by atoms with Crippen molar-refractivity contribution in [3.8, 4) is 0 Å². The summed E-state index contributed by atoms with van der Waals surface area (Å²) < 4.78 is 26.7. The fourth-order valence-electron chi connectivity index (χ4n) is 2.70. The van der Waals surface area contributed by atoms with E-state index in [4.69, 9.17) is 0 Å². The van der Waals surface area contributed by atoms with Crippen molar-refractivity contribution < 1.29 is 13.2 Å². The highest BCUT2D eigenvalue weighted by Crippen LogP contribution is 2.40. The van der Waals surface area contributed by atoms with Gasteiger partial charge in [0.1, 0.15) is 0 Å². The molecule has 126 valence electrons. The largest absolute Gasteiger partial charge is 0.326 e. The SMILES string of the molecule is C[C@@H](C(=O)Nc1ccc2c(c1)N(C)S(=O)(=O)N2C)c1ccccc1. The first-order valence-electron chi connectivity index (χ1n) is 7.55. The number of carbonyl (C=O) groups excluding carboxylic acids is 1. The molecule has 0 radical (unpaired) electrons. The first-order valence-corrected chi connectivity index (χ1v) is 8.94. The van der Waals surface area contributed by atoms with Gasteiger partial charge in [-0.05, 0) is 30.7 Å². The van der Waals surface area contributed by atoms with Gasteiger partial charge in [0.25, 0.3) is 0 Å². The third-order valence-corrected chi connectivity index (χ3v) is 6.08. The number of carbonyl (C=O) groups is 1. The van der Waals surface area contributed by atoms with Gasteiger partial charge in [0, 0.05) is 19.8 Å². The lowest BCUT2D eigenvalue weighted by atomic mass is 10.0. The van der Waals surface area contributed by atoms with Crippen molar-refractivity contribution >= 4 is 33.2 Å². The molecule has 3 rings (SSSR count). The summed E-state index contributed by atoms with van der Waals surface area (Å²) in [7, 11) is -0.510. The van der Waals surface area contributed by atoms with E-state index >= 15 is 0 Å². The van der Waals surface area contributed by atoms with Crippen LogP contribution in [0.15, 0.2) is 48.5 Å². The van der Waals surface area contributed by atoms with E-state index in [0.29, 0.717) is 17.1 Å². The van der Waals surface area contributed by atoms with Crippen molar-refractivity contribution in [2.75, 3.05) is 28.0 Å². The number of nitrogens with zero attached hydrogens (tertiary/aromatic N) is 2. The molecule has 24 heavy (non-hydrogen) atoms. The van der Waals surface area contributed by atoms with Gasteiger partial charge in [0.05, 0.1) is 17.3 Å². The van der Waals surface area contributed by atoms with Gasteiger partial charge in [-0.2, -0.15) is 8.42 Å². The minimum absolute atomic E-state index is 0.141. The zero-order chi connectivity index (χ0) is 17.5. The highest BCUT2D eigenvalue weighted by atomic mass is 32.2. The second-order valence-electron chi connectivity index (χ2n) is 5.77. The van der Waals surface area contributed by atoms with E-state index in [9.17, 15) is 13.2 Å². The van der Waals surface area contributed by atoms with Crippen LogP contribution >= 0.6 is 0 Å². The standard InChI is InChI=1S/C17H19N3O3S/c1-12(13-7-5-4-6-8-13)17(21)18-14-9-10-15-16(11-14)20(3)24(22,23)19(15)2/h4-12H,1-3H3,(H,18,21)/t12-/m1/s1. The Labute approximate surface area is 141 Å². The molecule has 1 aliphatic heterocycles. The number of anilines is 3. The van der Waals surface area contributed by atoms with Crippen LogP contribution in [-0.2, 0) is 15.0 Å². The Morgan fingerprint density at radius 1 is 1.00 bits per heavy atom. The molecule has 1 aliphatic rings. The van der Waals surface area contributed by atoms with E-state index in [1.165, 1.54) is 22.7 Å². The summed E-state index contributed by atoms with van der Waals surface area (Å²) in [4.78, 5) is 12.4. The fraction of sp³-hybridized carbons (Fsp3) is 0.235. The van der Waals surface area contributed by atoms with E-state index < -0.39 is 10.2 Å². The number of amides is 1. The molecule has 2 aromatic carbocycles. The van der Waals surface area contributed by atoms with Crippen molar-refractivity contribution in [1.82, 2.24) is 0 Å². The quantitative estimate of drug-likeness (QED) is 0.929. The molecule has 7 heteroatoms. The van der Waals surface area contributed by atoms with Gasteiger partial charge >= 0.3 is 10.2 Å². The zero-order valence-electron chi connectivity index (χ0n) is 13.7. The monoisotopic (exact) mass is 345 g/mol. The highest BCUT2D eigenvalue weighted by Gasteiger charge is 2.35. The molecule has 1 atom stereocenters. The lowest BCUT2D eigenvalue weighted by Gasteiger charge is -2.14. The average molecular weight is 345 g/mol. The summed E-state index contributed by atoms with van der Waals surface area (Å²) in [6.45, 7) is 1.84. The minimum Gasteiger partial charge on any atom is -0.325 e. The molecule has 1 heterocycles. The Hall–Kier alpha value is -2.54. The molecule has 0 saturated heterocycles. The lowest BCUT2D eigenvalue weighted by molar-refractivity contribution is -0.117. The number of hydrogen-bond acceptors (Lipinski definition) is 3. The lowest BCUT2D eigenvalue weighted by Crippen LogP contribution is -2.32. The molecule has 1 N–H and O–H groups in total. The number of fused-ring (bicyclic) bond motifs is 1. The second-order valence-corrected chi connectivity index (χ2v) is 7.76. The summed E-state index contributed by atoms with van der Waals surface area (Å²) in [5, 5.41) is 2.85. The average Bonchev–Trinajstić information content (AvgIpc) is 2.75. The van der Waals surface area contributed by atoms with Crippen molar-refractivity contribution in [1.29, 1.82) is 0 Å². The topological polar surface area (TPSA) is 69.7 Å². The molecule has 0 saturated carbocycles. The van der Waals surface area contributed by atoms with Crippen LogP contribution in [0.4, 0.5) is 17.1 Å². The summed E-state index contributed by atoms with van der Waals surface area (Å²) in [6.07, 6.45) is 0. The number of benzene rings is 2. The Morgan fingerprint density at radius 3 is 2.29 bits per heavy atom. The van der Waals surface area contributed by atoms with Crippen LogP contribution < -0.4 is 13.9 Å². The van der Waals surface area contributed by atoms with Crippen molar-refractivity contribution in [2.24, 2.45) is 0 Å². The Morgan fingerprint density at radius 2 is 1.62 bits per heavy atom. The van der Waals surface area contributed by atoms with E-state index in [1.807, 2.05) is 37.3 Å². The smallest absolute Gasteiger partial charge is 0.325 e. The molecular formula is C17H19N3O3S. The number of hydrogen-bond donors (Lipinski definition) is 1. The number of nitrogens with one attached hydrogen (secondary N) is 1. The Kier molecular flexibility index (Phi) is 3.96. The zero-order valence-corrected chi connectivity index (χ0v) is 14.5. The van der Waals surface area contributed by atoms with Crippen LogP contribution in [0.5, 0.6) is 0 Å². The second kappa shape index (κ2) is 5.83. The predicted octanol–water partition coefficient (Wildman–Crippen LogP) is 2.56. The maximum atomic E-state index is 12.4. The van der Waals surface area contributed by atoms with Crippen LogP contribution in [0.2, 0.25) is 0 Å². The molecule has 1 amide bonds. The molecule has 2 aromatic rings. The van der Waals surface area contributed by atoms with E-state index in [-0.39, 0.29) is 11.8 Å². The normalized spacial score (nSPS) is 16.6. The fourth-order valence-corrected chi connectivity index (χ4v) is 3.86. The van der Waals surface area contributed by atoms with E-state index in [0.717, 1.165) is 5.56 Å². The van der Waals surface area contributed by atoms with Crippen LogP contribution in [0.25, 0.3) is 0 Å². The van der Waals surface area contributed by atoms with Crippen LogP contribution in [0, 0.1) is 0 Å². The first kappa shape index (κ1) is 16.3. The van der Waals surface area contributed by atoms with Gasteiger partial charge in [0.15, 0.2) is 0 Å². The Bertz CT molecular complexity index is 881. The molecule has 0 bridgehead atoms. The molecule has 0 unspecified atom stereocenters. The molecule has 0 aromatic heterocycles. The Balaban J connectivity index is 1.83. The van der Waals surface area contributed by atoms with Crippen LogP contribution in [0.1, 0.15) is 18.4 Å². The van der Waals surface area contributed by atoms with Gasteiger partial charge < -0.3 is 5.32 Å². The third kappa shape index (κ3) is 2.60.